The number of halogens is 1. The van der Waals surface area contributed by atoms with E-state index in [4.69, 9.17) is 21.1 Å². The summed E-state index contributed by atoms with van der Waals surface area (Å²) in [4.78, 5) is 0. The first-order chi connectivity index (χ1) is 7.58. The fourth-order valence-corrected chi connectivity index (χ4v) is 1.48. The Morgan fingerprint density at radius 2 is 1.94 bits per heavy atom. The van der Waals surface area contributed by atoms with Gasteiger partial charge >= 0.3 is 0 Å². The molecule has 0 amide bonds. The molecule has 4 heteroatoms. The van der Waals surface area contributed by atoms with Gasteiger partial charge < -0.3 is 14.8 Å². The van der Waals surface area contributed by atoms with Crippen LogP contribution in [0.2, 0.25) is 5.02 Å². The summed E-state index contributed by atoms with van der Waals surface area (Å²) in [6.07, 6.45) is 0. The largest absolute Gasteiger partial charge is 0.495 e. The van der Waals surface area contributed by atoms with Gasteiger partial charge in [0.25, 0.3) is 0 Å². The maximum atomic E-state index is 5.99. The van der Waals surface area contributed by atoms with Crippen LogP contribution in [0.25, 0.3) is 0 Å². The number of hydrogen-bond acceptors (Lipinski definition) is 3. The van der Waals surface area contributed by atoms with Gasteiger partial charge in [0, 0.05) is 18.7 Å². The molecule has 0 atom stereocenters. The Labute approximate surface area is 101 Å². The summed E-state index contributed by atoms with van der Waals surface area (Å²) in [5.41, 5.74) is 1.88. The van der Waals surface area contributed by atoms with Crippen molar-refractivity contribution in [2.45, 2.75) is 6.92 Å². The molecule has 0 aliphatic rings. The molecule has 0 radical (unpaired) electrons. The number of hydrogen-bond donors (Lipinski definition) is 1. The van der Waals surface area contributed by atoms with Gasteiger partial charge in [-0.05, 0) is 6.92 Å². The Bertz CT molecular complexity index is 391. The predicted octanol–water partition coefficient (Wildman–Crippen LogP) is 3.35. The molecule has 1 aromatic rings. The van der Waals surface area contributed by atoms with E-state index in [0.29, 0.717) is 23.1 Å². The van der Waals surface area contributed by atoms with Crippen molar-refractivity contribution in [3.63, 3.8) is 0 Å². The van der Waals surface area contributed by atoms with Gasteiger partial charge in [-0.2, -0.15) is 0 Å². The Morgan fingerprint density at radius 3 is 2.44 bits per heavy atom. The average molecular weight is 242 g/mol. The fourth-order valence-electron chi connectivity index (χ4n) is 1.24. The summed E-state index contributed by atoms with van der Waals surface area (Å²) in [6.45, 7) is 6.46. The average Bonchev–Trinajstić information content (AvgIpc) is 2.26. The van der Waals surface area contributed by atoms with E-state index in [9.17, 15) is 0 Å². The van der Waals surface area contributed by atoms with E-state index in [1.165, 1.54) is 0 Å². The number of methoxy groups -OCH3 is 2. The first kappa shape index (κ1) is 12.7. The van der Waals surface area contributed by atoms with Crippen molar-refractivity contribution in [1.29, 1.82) is 0 Å². The molecule has 16 heavy (non-hydrogen) atoms. The number of benzene rings is 1. The second-order valence-electron chi connectivity index (χ2n) is 3.50. The molecule has 0 aliphatic heterocycles. The predicted molar refractivity (Wildman–Crippen MR) is 67.9 cm³/mol. The van der Waals surface area contributed by atoms with E-state index < -0.39 is 0 Å². The van der Waals surface area contributed by atoms with Crippen LogP contribution in [-0.2, 0) is 0 Å². The maximum absolute atomic E-state index is 5.99. The summed E-state index contributed by atoms with van der Waals surface area (Å²) in [5.74, 6) is 1.30. The van der Waals surface area contributed by atoms with Crippen LogP contribution in [0.3, 0.4) is 0 Å². The van der Waals surface area contributed by atoms with E-state index >= 15 is 0 Å². The Balaban J connectivity index is 2.99. The van der Waals surface area contributed by atoms with Crippen molar-refractivity contribution >= 4 is 17.3 Å². The van der Waals surface area contributed by atoms with Crippen molar-refractivity contribution in [2.75, 3.05) is 26.1 Å². The molecule has 88 valence electrons. The molecule has 3 nitrogen and oxygen atoms in total. The molecule has 0 saturated carbocycles. The zero-order valence-electron chi connectivity index (χ0n) is 9.76. The van der Waals surface area contributed by atoms with Crippen LogP contribution >= 0.6 is 11.6 Å². The lowest BCUT2D eigenvalue weighted by Gasteiger charge is -2.13. The molecule has 0 unspecified atom stereocenters. The van der Waals surface area contributed by atoms with Crippen molar-refractivity contribution in [2.24, 2.45) is 0 Å². The van der Waals surface area contributed by atoms with Crippen LogP contribution in [0.1, 0.15) is 6.92 Å². The van der Waals surface area contributed by atoms with E-state index in [0.717, 1.165) is 11.3 Å². The normalized spacial score (nSPS) is 9.75. The summed E-state index contributed by atoms with van der Waals surface area (Å²) < 4.78 is 10.4. The quantitative estimate of drug-likeness (QED) is 0.802. The molecule has 0 saturated heterocycles. The van der Waals surface area contributed by atoms with Gasteiger partial charge in [0.1, 0.15) is 11.5 Å². The minimum atomic E-state index is 0.528. The summed E-state index contributed by atoms with van der Waals surface area (Å²) in [7, 11) is 3.18. The summed E-state index contributed by atoms with van der Waals surface area (Å²) in [6, 6.07) is 3.53. The molecule has 0 spiro atoms. The SMILES string of the molecule is C=C(C)CNc1cc(OC)c(Cl)cc1OC. The molecular weight excluding hydrogens is 226 g/mol. The molecule has 1 N–H and O–H groups in total. The zero-order chi connectivity index (χ0) is 12.1. The van der Waals surface area contributed by atoms with Gasteiger partial charge in [0.2, 0.25) is 0 Å². The third-order valence-corrected chi connectivity index (χ3v) is 2.35. The summed E-state index contributed by atoms with van der Waals surface area (Å²) >= 11 is 5.99. The minimum absolute atomic E-state index is 0.528. The second-order valence-corrected chi connectivity index (χ2v) is 3.90. The molecule has 1 aromatic carbocycles. The van der Waals surface area contributed by atoms with E-state index in [1.807, 2.05) is 13.0 Å². The molecule has 1 rings (SSSR count). The highest BCUT2D eigenvalue weighted by molar-refractivity contribution is 6.32. The Hall–Kier alpha value is -1.35. The monoisotopic (exact) mass is 241 g/mol. The van der Waals surface area contributed by atoms with Crippen LogP contribution in [0, 0.1) is 0 Å². The fraction of sp³-hybridized carbons (Fsp3) is 0.333. The van der Waals surface area contributed by atoms with Crippen molar-refractivity contribution < 1.29 is 9.47 Å². The van der Waals surface area contributed by atoms with Gasteiger partial charge in [-0.25, -0.2) is 0 Å². The van der Waals surface area contributed by atoms with Gasteiger partial charge in [-0.1, -0.05) is 23.8 Å². The molecule has 0 bridgehead atoms. The smallest absolute Gasteiger partial charge is 0.143 e. The first-order valence-corrected chi connectivity index (χ1v) is 5.26. The second kappa shape index (κ2) is 5.66. The van der Waals surface area contributed by atoms with Crippen molar-refractivity contribution in [1.82, 2.24) is 0 Å². The highest BCUT2D eigenvalue weighted by atomic mass is 35.5. The number of nitrogens with one attached hydrogen (secondary N) is 1. The maximum Gasteiger partial charge on any atom is 0.143 e. The van der Waals surface area contributed by atoms with Crippen molar-refractivity contribution in [3.8, 4) is 11.5 Å². The van der Waals surface area contributed by atoms with Crippen LogP contribution in [0.4, 0.5) is 5.69 Å². The van der Waals surface area contributed by atoms with Gasteiger partial charge in [-0.3, -0.25) is 0 Å². The van der Waals surface area contributed by atoms with E-state index in [-0.39, 0.29) is 0 Å². The van der Waals surface area contributed by atoms with Gasteiger partial charge in [0.15, 0.2) is 0 Å². The van der Waals surface area contributed by atoms with Gasteiger partial charge in [0.05, 0.1) is 24.9 Å². The van der Waals surface area contributed by atoms with E-state index in [1.54, 1.807) is 20.3 Å². The number of anilines is 1. The lowest BCUT2D eigenvalue weighted by Crippen LogP contribution is -2.04. The van der Waals surface area contributed by atoms with Crippen LogP contribution in [0.15, 0.2) is 24.3 Å². The number of ether oxygens (including phenoxy) is 2. The van der Waals surface area contributed by atoms with Crippen molar-refractivity contribution in [3.05, 3.63) is 29.3 Å². The zero-order valence-corrected chi connectivity index (χ0v) is 10.5. The highest BCUT2D eigenvalue weighted by Crippen LogP contribution is 2.35. The third-order valence-electron chi connectivity index (χ3n) is 2.05. The Kier molecular flexibility index (Phi) is 4.50. The third kappa shape index (κ3) is 3.07. The first-order valence-electron chi connectivity index (χ1n) is 4.88. The highest BCUT2D eigenvalue weighted by Gasteiger charge is 2.09. The molecular formula is C12H16ClNO2. The molecule has 0 aliphatic carbocycles. The summed E-state index contributed by atoms with van der Waals surface area (Å²) in [5, 5.41) is 3.73. The Morgan fingerprint density at radius 1 is 1.31 bits per heavy atom. The molecule has 0 aromatic heterocycles. The standard InChI is InChI=1S/C12H16ClNO2/c1-8(2)7-14-10-6-11(15-3)9(13)5-12(10)16-4/h5-6,14H,1,7H2,2-4H3. The topological polar surface area (TPSA) is 30.5 Å². The van der Waals surface area contributed by atoms with Crippen LogP contribution in [0.5, 0.6) is 11.5 Å². The molecule has 0 heterocycles. The van der Waals surface area contributed by atoms with Crippen LogP contribution in [-0.4, -0.2) is 20.8 Å². The molecule has 0 fully saturated rings. The van der Waals surface area contributed by atoms with Gasteiger partial charge in [-0.15, -0.1) is 0 Å². The minimum Gasteiger partial charge on any atom is -0.495 e. The van der Waals surface area contributed by atoms with E-state index in [2.05, 4.69) is 11.9 Å². The lowest BCUT2D eigenvalue weighted by atomic mass is 10.2. The van der Waals surface area contributed by atoms with Crippen LogP contribution < -0.4 is 14.8 Å². The number of rotatable bonds is 5. The lowest BCUT2D eigenvalue weighted by molar-refractivity contribution is 0.405.